The van der Waals surface area contributed by atoms with E-state index in [1.807, 2.05) is 20.8 Å². The largest absolute Gasteiger partial charge is 0.460 e. The third-order valence-corrected chi connectivity index (χ3v) is 3.77. The first kappa shape index (κ1) is 13.5. The van der Waals surface area contributed by atoms with Crippen LogP contribution < -0.4 is 5.56 Å². The Hall–Kier alpha value is -0.880. The molecule has 0 aliphatic heterocycles. The normalized spacial score (nSPS) is 11.8. The highest BCUT2D eigenvalue weighted by molar-refractivity contribution is 9.10. The molecule has 0 radical (unpaired) electrons. The van der Waals surface area contributed by atoms with E-state index >= 15 is 0 Å². The average molecular weight is 376 g/mol. The van der Waals surface area contributed by atoms with Gasteiger partial charge in [0.1, 0.15) is 4.47 Å². The third-order valence-electron chi connectivity index (χ3n) is 2.41. The summed E-state index contributed by atoms with van der Waals surface area (Å²) in [5.74, 6) is 0.940. The predicted molar refractivity (Wildman–Crippen MR) is 76.7 cm³/mol. The number of nitrogens with zero attached hydrogens (tertiary/aromatic N) is 1. The van der Waals surface area contributed by atoms with Gasteiger partial charge in [-0.25, -0.2) is 4.98 Å². The van der Waals surface area contributed by atoms with Crippen LogP contribution in [0, 0.1) is 0 Å². The number of furan rings is 1. The van der Waals surface area contributed by atoms with Gasteiger partial charge < -0.3 is 9.40 Å². The van der Waals surface area contributed by atoms with Crippen LogP contribution in [0.25, 0.3) is 11.6 Å². The molecule has 2 heterocycles. The summed E-state index contributed by atoms with van der Waals surface area (Å²) in [5, 5.41) is 0. The summed E-state index contributed by atoms with van der Waals surface area (Å²) in [5.41, 5.74) is 0.249. The molecule has 0 unspecified atom stereocenters. The van der Waals surface area contributed by atoms with Crippen molar-refractivity contribution in [3.05, 3.63) is 37.3 Å². The number of hydrogen-bond acceptors (Lipinski definition) is 3. The zero-order valence-corrected chi connectivity index (χ0v) is 13.3. The molecule has 0 atom stereocenters. The monoisotopic (exact) mass is 374 g/mol. The van der Waals surface area contributed by atoms with Crippen LogP contribution in [0.15, 0.2) is 30.5 Å². The van der Waals surface area contributed by atoms with Gasteiger partial charge >= 0.3 is 0 Å². The SMILES string of the molecule is CC(C)(C)c1nc(-c2occc2Br)[nH]c(=O)c1Br. The second-order valence-corrected chi connectivity index (χ2v) is 6.57. The minimum atomic E-state index is -0.235. The lowest BCUT2D eigenvalue weighted by Gasteiger charge is -2.19. The lowest BCUT2D eigenvalue weighted by Crippen LogP contribution is -2.22. The van der Waals surface area contributed by atoms with Gasteiger partial charge in [-0.05, 0) is 37.9 Å². The first-order valence-electron chi connectivity index (χ1n) is 5.34. The maximum absolute atomic E-state index is 11.9. The molecule has 1 N–H and O–H groups in total. The molecule has 0 saturated heterocycles. The van der Waals surface area contributed by atoms with Gasteiger partial charge in [0.15, 0.2) is 11.6 Å². The summed E-state index contributed by atoms with van der Waals surface area (Å²) < 4.78 is 6.53. The molecule has 2 aromatic rings. The minimum absolute atomic E-state index is 0.215. The van der Waals surface area contributed by atoms with Gasteiger partial charge in [0.2, 0.25) is 0 Å². The van der Waals surface area contributed by atoms with Crippen molar-refractivity contribution in [1.29, 1.82) is 0 Å². The van der Waals surface area contributed by atoms with Crippen molar-refractivity contribution in [2.24, 2.45) is 0 Å². The Kier molecular flexibility index (Phi) is 3.51. The van der Waals surface area contributed by atoms with E-state index in [4.69, 9.17) is 4.42 Å². The first-order valence-corrected chi connectivity index (χ1v) is 6.93. The summed E-state index contributed by atoms with van der Waals surface area (Å²) in [4.78, 5) is 19.1. The average Bonchev–Trinajstić information content (AvgIpc) is 2.66. The molecule has 0 aliphatic rings. The second kappa shape index (κ2) is 4.66. The van der Waals surface area contributed by atoms with Gasteiger partial charge in [-0.3, -0.25) is 4.79 Å². The summed E-state index contributed by atoms with van der Waals surface area (Å²) in [6.07, 6.45) is 1.54. The highest BCUT2D eigenvalue weighted by Crippen LogP contribution is 2.30. The molecule has 6 heteroatoms. The van der Waals surface area contributed by atoms with Crippen LogP contribution >= 0.6 is 31.9 Å². The van der Waals surface area contributed by atoms with E-state index in [0.29, 0.717) is 21.8 Å². The van der Waals surface area contributed by atoms with Gasteiger partial charge in [-0.15, -0.1) is 0 Å². The predicted octanol–water partition coefficient (Wildman–Crippen LogP) is 3.85. The molecule has 0 bridgehead atoms. The van der Waals surface area contributed by atoms with Crippen LogP contribution in [0.5, 0.6) is 0 Å². The number of nitrogens with one attached hydrogen (secondary N) is 1. The van der Waals surface area contributed by atoms with Crippen LogP contribution in [0.1, 0.15) is 26.5 Å². The summed E-state index contributed by atoms with van der Waals surface area (Å²) in [6.45, 7) is 6.00. The van der Waals surface area contributed by atoms with Crippen molar-refractivity contribution in [2.45, 2.75) is 26.2 Å². The quantitative estimate of drug-likeness (QED) is 0.823. The molecule has 96 valence electrons. The Morgan fingerprint density at radius 2 is 2.00 bits per heavy atom. The van der Waals surface area contributed by atoms with E-state index < -0.39 is 0 Å². The fraction of sp³-hybridized carbons (Fsp3) is 0.333. The summed E-state index contributed by atoms with van der Waals surface area (Å²) >= 11 is 6.64. The highest BCUT2D eigenvalue weighted by Gasteiger charge is 2.23. The molecule has 0 saturated carbocycles. The van der Waals surface area contributed by atoms with E-state index in [1.165, 1.54) is 6.26 Å². The van der Waals surface area contributed by atoms with Crippen molar-refractivity contribution in [2.75, 3.05) is 0 Å². The number of H-pyrrole nitrogens is 1. The fourth-order valence-electron chi connectivity index (χ4n) is 1.53. The van der Waals surface area contributed by atoms with Gasteiger partial charge in [-0.2, -0.15) is 0 Å². The Balaban J connectivity index is 2.70. The maximum atomic E-state index is 11.9. The van der Waals surface area contributed by atoms with Crippen LogP contribution in [-0.4, -0.2) is 9.97 Å². The van der Waals surface area contributed by atoms with Crippen LogP contribution in [0.2, 0.25) is 0 Å². The van der Waals surface area contributed by atoms with E-state index in [2.05, 4.69) is 41.8 Å². The van der Waals surface area contributed by atoms with E-state index in [-0.39, 0.29) is 11.0 Å². The van der Waals surface area contributed by atoms with Crippen molar-refractivity contribution < 1.29 is 4.42 Å². The van der Waals surface area contributed by atoms with Crippen LogP contribution in [-0.2, 0) is 5.41 Å². The number of aromatic amines is 1. The molecule has 4 nitrogen and oxygen atoms in total. The molecule has 2 rings (SSSR count). The summed E-state index contributed by atoms with van der Waals surface area (Å²) in [6, 6.07) is 1.76. The van der Waals surface area contributed by atoms with Crippen LogP contribution in [0.3, 0.4) is 0 Å². The summed E-state index contributed by atoms with van der Waals surface area (Å²) in [7, 11) is 0. The first-order chi connectivity index (χ1) is 8.30. The maximum Gasteiger partial charge on any atom is 0.265 e. The Bertz CT molecular complexity index is 638. The van der Waals surface area contributed by atoms with E-state index in [0.717, 1.165) is 4.47 Å². The molecule has 18 heavy (non-hydrogen) atoms. The Morgan fingerprint density at radius 1 is 1.33 bits per heavy atom. The molecule has 0 aliphatic carbocycles. The minimum Gasteiger partial charge on any atom is -0.460 e. The number of aromatic nitrogens is 2. The second-order valence-electron chi connectivity index (χ2n) is 4.92. The molecular formula is C12H12Br2N2O2. The van der Waals surface area contributed by atoms with Gasteiger partial charge in [0.05, 0.1) is 16.4 Å². The lowest BCUT2D eigenvalue weighted by atomic mass is 9.92. The molecule has 0 fully saturated rings. The van der Waals surface area contributed by atoms with Crippen molar-refractivity contribution in [1.82, 2.24) is 9.97 Å². The molecule has 2 aromatic heterocycles. The molecule has 0 aromatic carbocycles. The smallest absolute Gasteiger partial charge is 0.265 e. The third kappa shape index (κ3) is 2.44. The fourth-order valence-corrected chi connectivity index (χ4v) is 2.70. The number of hydrogen-bond donors (Lipinski definition) is 1. The number of halogens is 2. The topological polar surface area (TPSA) is 58.9 Å². The number of rotatable bonds is 1. The lowest BCUT2D eigenvalue weighted by molar-refractivity contribution is 0.552. The van der Waals surface area contributed by atoms with Gasteiger partial charge in [0.25, 0.3) is 5.56 Å². The van der Waals surface area contributed by atoms with E-state index in [1.54, 1.807) is 6.07 Å². The van der Waals surface area contributed by atoms with Crippen molar-refractivity contribution in [3.63, 3.8) is 0 Å². The van der Waals surface area contributed by atoms with Gasteiger partial charge in [-0.1, -0.05) is 20.8 Å². The molecular weight excluding hydrogens is 364 g/mol. The van der Waals surface area contributed by atoms with Crippen molar-refractivity contribution in [3.8, 4) is 11.6 Å². The Morgan fingerprint density at radius 3 is 2.50 bits per heavy atom. The zero-order valence-electron chi connectivity index (χ0n) is 10.2. The van der Waals surface area contributed by atoms with Gasteiger partial charge in [0, 0.05) is 5.41 Å². The van der Waals surface area contributed by atoms with Crippen LogP contribution in [0.4, 0.5) is 0 Å². The van der Waals surface area contributed by atoms with Crippen molar-refractivity contribution >= 4 is 31.9 Å². The van der Waals surface area contributed by atoms with E-state index in [9.17, 15) is 4.79 Å². The molecule has 0 spiro atoms. The highest BCUT2D eigenvalue weighted by atomic mass is 79.9. The Labute approximate surface area is 121 Å². The zero-order chi connectivity index (χ0) is 13.5. The molecule has 0 amide bonds. The standard InChI is InChI=1S/C12H12Br2N2O2/c1-12(2,3)9-7(14)11(17)16-10(15-9)8-6(13)4-5-18-8/h4-5H,1-3H3,(H,15,16,17).